The Morgan fingerprint density at radius 1 is 1.07 bits per heavy atom. The summed E-state index contributed by atoms with van der Waals surface area (Å²) < 4.78 is 32.8. The molecule has 2 aromatic carbocycles. The molecule has 1 N–H and O–H groups in total. The van der Waals surface area contributed by atoms with Crippen molar-refractivity contribution in [2.75, 3.05) is 24.9 Å². The van der Waals surface area contributed by atoms with Crippen molar-refractivity contribution < 1.29 is 17.9 Å². The first-order valence-electron chi connectivity index (χ1n) is 9.34. The van der Waals surface area contributed by atoms with Crippen molar-refractivity contribution in [2.45, 2.75) is 25.2 Å². The van der Waals surface area contributed by atoms with Gasteiger partial charge in [0.2, 0.25) is 0 Å². The maximum atomic E-state index is 12.8. The van der Waals surface area contributed by atoms with Crippen molar-refractivity contribution in [1.82, 2.24) is 4.90 Å². The number of piperidine rings is 1. The van der Waals surface area contributed by atoms with Crippen LogP contribution in [0.3, 0.4) is 0 Å². The van der Waals surface area contributed by atoms with Crippen molar-refractivity contribution in [2.24, 2.45) is 11.8 Å². The average molecular weight is 403 g/mol. The number of carbonyl (C=O) groups excluding carboxylic acids is 1. The largest absolute Gasteiger partial charge is 0.497 e. The fourth-order valence-corrected chi connectivity index (χ4v) is 4.77. The molecular weight excluding hydrogens is 376 g/mol. The molecule has 1 heterocycles. The van der Waals surface area contributed by atoms with Gasteiger partial charge in [0.1, 0.15) is 5.75 Å². The summed E-state index contributed by atoms with van der Waals surface area (Å²) in [4.78, 5) is 14.8. The number of methoxy groups -OCH3 is 1. The maximum Gasteiger partial charge on any atom is 0.262 e. The van der Waals surface area contributed by atoms with E-state index in [1.54, 1.807) is 36.4 Å². The van der Waals surface area contributed by atoms with Crippen LogP contribution in [0, 0.1) is 11.8 Å². The van der Waals surface area contributed by atoms with E-state index in [4.69, 9.17) is 4.74 Å². The molecule has 2 aromatic rings. The molecule has 7 heteroatoms. The van der Waals surface area contributed by atoms with Gasteiger partial charge in [-0.3, -0.25) is 9.52 Å². The summed E-state index contributed by atoms with van der Waals surface area (Å²) in [5.41, 5.74) is 0.963. The van der Waals surface area contributed by atoms with E-state index in [1.165, 1.54) is 19.2 Å². The highest BCUT2D eigenvalue weighted by molar-refractivity contribution is 7.92. The molecule has 0 bridgehead atoms. The van der Waals surface area contributed by atoms with E-state index in [2.05, 4.69) is 18.6 Å². The first kappa shape index (κ1) is 20.2. The lowest BCUT2D eigenvalue weighted by atomic mass is 9.91. The summed E-state index contributed by atoms with van der Waals surface area (Å²) >= 11 is 0. The molecular formula is C21H26N2O4S. The fourth-order valence-electron chi connectivity index (χ4n) is 3.67. The summed E-state index contributed by atoms with van der Waals surface area (Å²) in [6.07, 6.45) is 1.13. The molecule has 3 rings (SSSR count). The summed E-state index contributed by atoms with van der Waals surface area (Å²) in [6.45, 7) is 5.83. The highest BCUT2D eigenvalue weighted by atomic mass is 32.2. The molecule has 2 atom stereocenters. The maximum absolute atomic E-state index is 12.8. The number of hydrogen-bond donors (Lipinski definition) is 1. The van der Waals surface area contributed by atoms with Crippen LogP contribution in [0.4, 0.5) is 5.69 Å². The Hall–Kier alpha value is -2.54. The monoisotopic (exact) mass is 402 g/mol. The lowest BCUT2D eigenvalue weighted by molar-refractivity contribution is 0.0623. The Balaban J connectivity index is 1.72. The Morgan fingerprint density at radius 2 is 1.71 bits per heavy atom. The number of amides is 1. The zero-order valence-electron chi connectivity index (χ0n) is 16.4. The zero-order valence-corrected chi connectivity index (χ0v) is 17.2. The number of ether oxygens (including phenoxy) is 1. The second-order valence-corrected chi connectivity index (χ2v) is 9.20. The Morgan fingerprint density at radius 3 is 2.32 bits per heavy atom. The molecule has 150 valence electrons. The molecule has 6 nitrogen and oxygen atoms in total. The van der Waals surface area contributed by atoms with Crippen molar-refractivity contribution >= 4 is 21.6 Å². The number of carbonyl (C=O) groups is 1. The van der Waals surface area contributed by atoms with Gasteiger partial charge in [-0.05, 0) is 54.7 Å². The predicted octanol–water partition coefficient (Wildman–Crippen LogP) is 3.61. The number of rotatable bonds is 5. The minimum absolute atomic E-state index is 0.0133. The molecule has 1 saturated heterocycles. The van der Waals surface area contributed by atoms with Crippen molar-refractivity contribution in [3.63, 3.8) is 0 Å². The minimum Gasteiger partial charge on any atom is -0.497 e. The fraction of sp³-hybridized carbons (Fsp3) is 0.381. The van der Waals surface area contributed by atoms with Crippen LogP contribution in [-0.4, -0.2) is 39.4 Å². The van der Waals surface area contributed by atoms with E-state index < -0.39 is 10.0 Å². The Kier molecular flexibility index (Phi) is 5.93. The van der Waals surface area contributed by atoms with Crippen molar-refractivity contribution in [3.05, 3.63) is 54.1 Å². The number of hydrogen-bond acceptors (Lipinski definition) is 4. The van der Waals surface area contributed by atoms with E-state index in [1.807, 2.05) is 4.90 Å². The number of likely N-dealkylation sites (tertiary alicyclic amines) is 1. The van der Waals surface area contributed by atoms with Crippen LogP contribution < -0.4 is 9.46 Å². The molecule has 0 aromatic heterocycles. The first-order chi connectivity index (χ1) is 13.3. The van der Waals surface area contributed by atoms with Crippen molar-refractivity contribution in [3.8, 4) is 5.75 Å². The number of benzene rings is 2. The molecule has 0 radical (unpaired) electrons. The summed E-state index contributed by atoms with van der Waals surface area (Å²) in [6, 6.07) is 12.8. The van der Waals surface area contributed by atoms with E-state index in [0.717, 1.165) is 19.5 Å². The molecule has 1 aliphatic heterocycles. The molecule has 28 heavy (non-hydrogen) atoms. The van der Waals surface area contributed by atoms with Gasteiger partial charge >= 0.3 is 0 Å². The van der Waals surface area contributed by atoms with Gasteiger partial charge < -0.3 is 9.64 Å². The predicted molar refractivity (Wildman–Crippen MR) is 109 cm³/mol. The van der Waals surface area contributed by atoms with E-state index in [0.29, 0.717) is 28.8 Å². The van der Waals surface area contributed by atoms with Gasteiger partial charge in [0, 0.05) is 30.4 Å². The van der Waals surface area contributed by atoms with E-state index in [9.17, 15) is 13.2 Å². The third-order valence-corrected chi connectivity index (χ3v) is 6.27. The normalized spacial score (nSPS) is 19.9. The quantitative estimate of drug-likeness (QED) is 0.829. The van der Waals surface area contributed by atoms with Gasteiger partial charge in [0.15, 0.2) is 0 Å². The van der Waals surface area contributed by atoms with Gasteiger partial charge in [0.25, 0.3) is 15.9 Å². The smallest absolute Gasteiger partial charge is 0.262 e. The number of nitrogens with one attached hydrogen (secondary N) is 1. The van der Waals surface area contributed by atoms with Gasteiger partial charge in [-0.25, -0.2) is 8.42 Å². The molecule has 1 aliphatic rings. The third kappa shape index (κ3) is 4.65. The highest BCUT2D eigenvalue weighted by Crippen LogP contribution is 2.24. The molecule has 2 unspecified atom stereocenters. The first-order valence-corrected chi connectivity index (χ1v) is 10.8. The lowest BCUT2D eigenvalue weighted by Gasteiger charge is -2.35. The lowest BCUT2D eigenvalue weighted by Crippen LogP contribution is -2.42. The standard InChI is InChI=1S/C21H26N2O4S/c1-15-11-16(2)14-23(13-15)21(24)17-7-9-18(10-8-17)22-28(25,26)20-6-4-5-19(12-20)27-3/h4-10,12,15-16,22H,11,13-14H2,1-3H3. The molecule has 0 saturated carbocycles. The van der Waals surface area contributed by atoms with Crippen molar-refractivity contribution in [1.29, 1.82) is 0 Å². The molecule has 1 amide bonds. The van der Waals surface area contributed by atoms with Crippen LogP contribution in [0.2, 0.25) is 0 Å². The highest BCUT2D eigenvalue weighted by Gasteiger charge is 2.26. The zero-order chi connectivity index (χ0) is 20.3. The molecule has 0 aliphatic carbocycles. The van der Waals surface area contributed by atoms with Crippen LogP contribution in [-0.2, 0) is 10.0 Å². The van der Waals surface area contributed by atoms with Gasteiger partial charge in [-0.2, -0.15) is 0 Å². The third-order valence-electron chi connectivity index (χ3n) is 4.89. The van der Waals surface area contributed by atoms with Crippen LogP contribution in [0.15, 0.2) is 53.4 Å². The van der Waals surface area contributed by atoms with Crippen LogP contribution >= 0.6 is 0 Å². The summed E-state index contributed by atoms with van der Waals surface area (Å²) in [7, 11) is -2.25. The van der Waals surface area contributed by atoms with E-state index >= 15 is 0 Å². The second-order valence-electron chi connectivity index (χ2n) is 7.52. The molecule has 1 fully saturated rings. The van der Waals surface area contributed by atoms with Crippen LogP contribution in [0.1, 0.15) is 30.6 Å². The topological polar surface area (TPSA) is 75.7 Å². The number of sulfonamides is 1. The summed E-state index contributed by atoms with van der Waals surface area (Å²) in [5.74, 6) is 1.43. The number of anilines is 1. The molecule has 0 spiro atoms. The van der Waals surface area contributed by atoms with Gasteiger partial charge in [0.05, 0.1) is 12.0 Å². The van der Waals surface area contributed by atoms with Gasteiger partial charge in [-0.15, -0.1) is 0 Å². The summed E-state index contributed by atoms with van der Waals surface area (Å²) in [5, 5.41) is 0. The number of nitrogens with zero attached hydrogens (tertiary/aromatic N) is 1. The minimum atomic E-state index is -3.74. The SMILES string of the molecule is COc1cccc(S(=O)(=O)Nc2ccc(C(=O)N3CC(C)CC(C)C3)cc2)c1. The van der Waals surface area contributed by atoms with E-state index in [-0.39, 0.29) is 10.8 Å². The average Bonchev–Trinajstić information content (AvgIpc) is 2.67. The Bertz CT molecular complexity index is 931. The van der Waals surface area contributed by atoms with Crippen LogP contribution in [0.5, 0.6) is 5.75 Å². The second kappa shape index (κ2) is 8.22. The van der Waals surface area contributed by atoms with Crippen LogP contribution in [0.25, 0.3) is 0 Å². The van der Waals surface area contributed by atoms with Gasteiger partial charge in [-0.1, -0.05) is 19.9 Å². The Labute approximate surface area is 166 Å².